The largest absolute Gasteiger partial charge is 0.462 e. The van der Waals surface area contributed by atoms with Crippen molar-refractivity contribution in [3.63, 3.8) is 0 Å². The highest BCUT2D eigenvalue weighted by molar-refractivity contribution is 5.71. The Morgan fingerprint density at radius 2 is 0.513 bits per heavy atom. The molecule has 0 saturated carbocycles. The molecule has 1 atom stereocenters. The highest BCUT2D eigenvalue weighted by Crippen LogP contribution is 2.17. The second kappa shape index (κ2) is 64.1. The van der Waals surface area contributed by atoms with Crippen molar-refractivity contribution < 1.29 is 28.6 Å². The van der Waals surface area contributed by atoms with E-state index in [1.54, 1.807) is 0 Å². The van der Waals surface area contributed by atoms with Crippen LogP contribution in [0.1, 0.15) is 323 Å². The summed E-state index contributed by atoms with van der Waals surface area (Å²) in [5.41, 5.74) is 0. The molecule has 0 aliphatic rings. The summed E-state index contributed by atoms with van der Waals surface area (Å²) in [6.45, 7) is 6.50. The van der Waals surface area contributed by atoms with E-state index >= 15 is 0 Å². The third kappa shape index (κ3) is 61.4. The van der Waals surface area contributed by atoms with Crippen molar-refractivity contribution in [2.75, 3.05) is 13.2 Å². The topological polar surface area (TPSA) is 78.9 Å². The van der Waals surface area contributed by atoms with E-state index in [1.807, 2.05) is 0 Å². The predicted octanol–water partition coefficient (Wildman–Crippen LogP) is 22.3. The fraction of sp³-hybridized carbons (Fsp3) is 0.757. The molecule has 0 rings (SSSR count). The molecule has 438 valence electrons. The molecule has 0 aromatic rings. The van der Waals surface area contributed by atoms with E-state index < -0.39 is 6.10 Å². The number of allylic oxidation sites excluding steroid dienone is 14. The van der Waals surface area contributed by atoms with Gasteiger partial charge in [0, 0.05) is 19.3 Å². The van der Waals surface area contributed by atoms with Gasteiger partial charge in [0.1, 0.15) is 13.2 Å². The highest BCUT2D eigenvalue weighted by Gasteiger charge is 2.19. The first-order valence-corrected chi connectivity index (χ1v) is 32.6. The van der Waals surface area contributed by atoms with Crippen LogP contribution in [0, 0.1) is 0 Å². The molecule has 0 aliphatic carbocycles. The standard InChI is InChI=1S/C70H122O6/c1-4-7-10-13-16-19-21-23-25-27-29-30-31-32-33-34-35-36-37-38-39-40-42-43-45-47-49-51-54-57-60-63-69(72)75-66-67(65-74-68(71)62-59-56-53-18-15-12-9-6-3)76-70(73)64-61-58-55-52-50-48-46-44-41-28-26-24-22-20-17-14-11-8-5-2/h7,10,16-17,19-20,23-26,29-30,32-33,67H,4-6,8-9,11-15,18,21-22,27-28,31,34-66H2,1-3H3/b10-7-,19-16-,20-17-,25-23-,26-24-,30-29-,33-32-. The van der Waals surface area contributed by atoms with Crippen molar-refractivity contribution in [1.29, 1.82) is 0 Å². The first kappa shape index (κ1) is 72.6. The van der Waals surface area contributed by atoms with E-state index in [9.17, 15) is 14.4 Å². The number of rotatable bonds is 59. The van der Waals surface area contributed by atoms with Gasteiger partial charge in [-0.3, -0.25) is 14.4 Å². The summed E-state index contributed by atoms with van der Waals surface area (Å²) in [5.74, 6) is -0.870. The minimum absolute atomic E-state index is 0.0742. The van der Waals surface area contributed by atoms with Crippen LogP contribution in [-0.2, 0) is 28.6 Å². The lowest BCUT2D eigenvalue weighted by molar-refractivity contribution is -0.167. The first-order chi connectivity index (χ1) is 37.5. The Kier molecular flexibility index (Phi) is 61.2. The third-order valence-corrected chi connectivity index (χ3v) is 14.1. The molecule has 0 heterocycles. The maximum Gasteiger partial charge on any atom is 0.306 e. The molecule has 0 fully saturated rings. The maximum atomic E-state index is 12.9. The van der Waals surface area contributed by atoms with E-state index in [-0.39, 0.29) is 31.1 Å². The Labute approximate surface area is 471 Å². The molecule has 0 amide bonds. The number of ether oxygens (including phenoxy) is 3. The van der Waals surface area contributed by atoms with Crippen LogP contribution in [0.2, 0.25) is 0 Å². The van der Waals surface area contributed by atoms with Gasteiger partial charge in [0.05, 0.1) is 0 Å². The second-order valence-corrected chi connectivity index (χ2v) is 21.6. The summed E-state index contributed by atoms with van der Waals surface area (Å²) in [4.78, 5) is 38.1. The molecular weight excluding hydrogens is 937 g/mol. The average molecular weight is 1060 g/mol. The summed E-state index contributed by atoms with van der Waals surface area (Å²) < 4.78 is 16.9. The average Bonchev–Trinajstić information content (AvgIpc) is 3.42. The summed E-state index contributed by atoms with van der Waals surface area (Å²) in [6.07, 6.45) is 84.7. The fourth-order valence-corrected chi connectivity index (χ4v) is 9.27. The quantitative estimate of drug-likeness (QED) is 0.0261. The van der Waals surface area contributed by atoms with E-state index in [1.165, 1.54) is 186 Å². The summed E-state index contributed by atoms with van der Waals surface area (Å²) in [6, 6.07) is 0. The summed E-state index contributed by atoms with van der Waals surface area (Å²) >= 11 is 0. The van der Waals surface area contributed by atoms with Gasteiger partial charge in [-0.25, -0.2) is 0 Å². The van der Waals surface area contributed by atoms with Gasteiger partial charge >= 0.3 is 17.9 Å². The lowest BCUT2D eigenvalue weighted by Gasteiger charge is -2.18. The molecule has 0 N–H and O–H groups in total. The van der Waals surface area contributed by atoms with Crippen LogP contribution in [0.25, 0.3) is 0 Å². The molecule has 6 nitrogen and oxygen atoms in total. The molecular formula is C70H122O6. The van der Waals surface area contributed by atoms with Crippen LogP contribution in [0.4, 0.5) is 0 Å². The number of carbonyl (C=O) groups is 3. The molecule has 0 aromatic carbocycles. The van der Waals surface area contributed by atoms with Gasteiger partial charge in [0.2, 0.25) is 0 Å². The van der Waals surface area contributed by atoms with E-state index in [0.717, 1.165) is 96.3 Å². The Morgan fingerprint density at radius 3 is 0.829 bits per heavy atom. The molecule has 0 radical (unpaired) electrons. The Bertz CT molecular complexity index is 1450. The Morgan fingerprint density at radius 1 is 0.276 bits per heavy atom. The zero-order valence-electron chi connectivity index (χ0n) is 50.3. The van der Waals surface area contributed by atoms with Crippen molar-refractivity contribution in [3.05, 3.63) is 85.1 Å². The molecule has 0 bridgehead atoms. The van der Waals surface area contributed by atoms with Crippen molar-refractivity contribution in [1.82, 2.24) is 0 Å². The molecule has 0 spiro atoms. The van der Waals surface area contributed by atoms with Gasteiger partial charge in [-0.1, -0.05) is 292 Å². The van der Waals surface area contributed by atoms with Gasteiger partial charge in [0.25, 0.3) is 0 Å². The zero-order valence-corrected chi connectivity index (χ0v) is 50.3. The van der Waals surface area contributed by atoms with Gasteiger partial charge in [-0.2, -0.15) is 0 Å². The number of hydrogen-bond donors (Lipinski definition) is 0. The molecule has 0 aromatic heterocycles. The minimum Gasteiger partial charge on any atom is -0.462 e. The number of carbonyl (C=O) groups excluding carboxylic acids is 3. The monoisotopic (exact) mass is 1060 g/mol. The van der Waals surface area contributed by atoms with E-state index in [2.05, 4.69) is 106 Å². The molecule has 0 aliphatic heterocycles. The number of unbranched alkanes of at least 4 members (excludes halogenated alkanes) is 34. The highest BCUT2D eigenvalue weighted by atomic mass is 16.6. The van der Waals surface area contributed by atoms with Crippen molar-refractivity contribution in [2.24, 2.45) is 0 Å². The SMILES string of the molecule is CC/C=C\C/C=C\C/C=C\C/C=C\C/C=C\CCCCCCCCCCCCCCCCCC(=O)OCC(COC(=O)CCCCCCCCCC)OC(=O)CCCCCCCCCCC/C=C\C/C=C\CCCCC. The smallest absolute Gasteiger partial charge is 0.306 e. The van der Waals surface area contributed by atoms with Crippen LogP contribution >= 0.6 is 0 Å². The van der Waals surface area contributed by atoms with E-state index in [4.69, 9.17) is 14.2 Å². The Hall–Kier alpha value is -3.41. The molecule has 6 heteroatoms. The van der Waals surface area contributed by atoms with Crippen LogP contribution in [0.5, 0.6) is 0 Å². The Balaban J connectivity index is 4.10. The van der Waals surface area contributed by atoms with Crippen molar-refractivity contribution in [2.45, 2.75) is 329 Å². The van der Waals surface area contributed by atoms with Gasteiger partial charge in [-0.15, -0.1) is 0 Å². The fourth-order valence-electron chi connectivity index (χ4n) is 9.27. The van der Waals surface area contributed by atoms with Gasteiger partial charge in [0.15, 0.2) is 6.10 Å². The number of hydrogen-bond acceptors (Lipinski definition) is 6. The van der Waals surface area contributed by atoms with Crippen LogP contribution in [0.3, 0.4) is 0 Å². The van der Waals surface area contributed by atoms with Gasteiger partial charge < -0.3 is 14.2 Å². The van der Waals surface area contributed by atoms with Crippen LogP contribution < -0.4 is 0 Å². The maximum absolute atomic E-state index is 12.9. The van der Waals surface area contributed by atoms with Crippen LogP contribution in [-0.4, -0.2) is 37.2 Å². The lowest BCUT2D eigenvalue weighted by atomic mass is 10.0. The molecule has 76 heavy (non-hydrogen) atoms. The first-order valence-electron chi connectivity index (χ1n) is 32.6. The zero-order chi connectivity index (χ0) is 55.0. The normalized spacial score (nSPS) is 12.6. The van der Waals surface area contributed by atoms with E-state index in [0.29, 0.717) is 19.3 Å². The summed E-state index contributed by atoms with van der Waals surface area (Å²) in [5, 5.41) is 0. The molecule has 0 saturated heterocycles. The molecule has 1 unspecified atom stereocenters. The minimum atomic E-state index is -0.775. The second-order valence-electron chi connectivity index (χ2n) is 21.6. The predicted molar refractivity (Wildman–Crippen MR) is 330 cm³/mol. The van der Waals surface area contributed by atoms with Crippen molar-refractivity contribution in [3.8, 4) is 0 Å². The van der Waals surface area contributed by atoms with Gasteiger partial charge in [-0.05, 0) is 96.3 Å². The number of esters is 3. The van der Waals surface area contributed by atoms with Crippen molar-refractivity contribution >= 4 is 17.9 Å². The lowest BCUT2D eigenvalue weighted by Crippen LogP contribution is -2.30. The third-order valence-electron chi connectivity index (χ3n) is 14.1. The summed E-state index contributed by atoms with van der Waals surface area (Å²) in [7, 11) is 0. The van der Waals surface area contributed by atoms with Crippen LogP contribution in [0.15, 0.2) is 85.1 Å².